The summed E-state index contributed by atoms with van der Waals surface area (Å²) in [5.41, 5.74) is 1.38. The maximum absolute atomic E-state index is 12.0. The molecule has 0 saturated carbocycles. The molecule has 0 spiro atoms. The molecule has 0 aliphatic heterocycles. The summed E-state index contributed by atoms with van der Waals surface area (Å²) in [6.07, 6.45) is 0. The van der Waals surface area contributed by atoms with E-state index in [-0.39, 0.29) is 18.5 Å². The van der Waals surface area contributed by atoms with Crippen LogP contribution < -0.4 is 4.74 Å². The number of rotatable bonds is 8. The fraction of sp³-hybridized carbons (Fsp3) is 0.412. The minimum Gasteiger partial charge on any atom is -0.484 e. The average molecular weight is 305 g/mol. The van der Waals surface area contributed by atoms with E-state index in [2.05, 4.69) is 6.58 Å². The molecule has 22 heavy (non-hydrogen) atoms. The molecule has 0 radical (unpaired) electrons. The summed E-state index contributed by atoms with van der Waals surface area (Å²) >= 11 is 0. The van der Waals surface area contributed by atoms with Crippen LogP contribution in [0.4, 0.5) is 0 Å². The predicted octanol–water partition coefficient (Wildman–Crippen LogP) is 2.67. The zero-order valence-corrected chi connectivity index (χ0v) is 13.4. The number of benzene rings is 1. The SMILES string of the molecule is C=C(C)CN(CC)C(=O)COc1ccc(C(=O)OCC)cc1. The van der Waals surface area contributed by atoms with Crippen LogP contribution in [-0.4, -0.2) is 43.1 Å². The van der Waals surface area contributed by atoms with E-state index in [1.165, 1.54) is 0 Å². The second-order valence-electron chi connectivity index (χ2n) is 4.90. The Hall–Kier alpha value is -2.30. The van der Waals surface area contributed by atoms with Gasteiger partial charge in [0.05, 0.1) is 12.2 Å². The highest BCUT2D eigenvalue weighted by atomic mass is 16.5. The Morgan fingerprint density at radius 1 is 1.18 bits per heavy atom. The van der Waals surface area contributed by atoms with Gasteiger partial charge in [0.1, 0.15) is 5.75 Å². The smallest absolute Gasteiger partial charge is 0.338 e. The quantitative estimate of drug-likeness (QED) is 0.547. The number of ether oxygens (including phenoxy) is 2. The number of hydrogen-bond acceptors (Lipinski definition) is 4. The van der Waals surface area contributed by atoms with E-state index in [0.29, 0.717) is 31.0 Å². The van der Waals surface area contributed by atoms with Gasteiger partial charge < -0.3 is 14.4 Å². The number of esters is 1. The van der Waals surface area contributed by atoms with Gasteiger partial charge in [-0.05, 0) is 45.0 Å². The van der Waals surface area contributed by atoms with Crippen molar-refractivity contribution in [2.75, 3.05) is 26.3 Å². The van der Waals surface area contributed by atoms with Gasteiger partial charge in [-0.15, -0.1) is 0 Å². The highest BCUT2D eigenvalue weighted by Crippen LogP contribution is 2.13. The fourth-order valence-electron chi connectivity index (χ4n) is 1.84. The van der Waals surface area contributed by atoms with Crippen LogP contribution in [0.1, 0.15) is 31.1 Å². The van der Waals surface area contributed by atoms with E-state index >= 15 is 0 Å². The average Bonchev–Trinajstić information content (AvgIpc) is 2.50. The number of amides is 1. The molecule has 0 aliphatic rings. The second-order valence-corrected chi connectivity index (χ2v) is 4.90. The van der Waals surface area contributed by atoms with Gasteiger partial charge in [0.25, 0.3) is 5.91 Å². The lowest BCUT2D eigenvalue weighted by Gasteiger charge is -2.21. The molecule has 0 atom stereocenters. The zero-order chi connectivity index (χ0) is 16.5. The van der Waals surface area contributed by atoms with Crippen molar-refractivity contribution in [2.45, 2.75) is 20.8 Å². The van der Waals surface area contributed by atoms with Gasteiger partial charge in [-0.1, -0.05) is 12.2 Å². The lowest BCUT2D eigenvalue weighted by molar-refractivity contribution is -0.132. The molecule has 0 heterocycles. The van der Waals surface area contributed by atoms with Crippen LogP contribution in [0.25, 0.3) is 0 Å². The predicted molar refractivity (Wildman–Crippen MR) is 85.0 cm³/mol. The molecule has 5 nitrogen and oxygen atoms in total. The summed E-state index contributed by atoms with van der Waals surface area (Å²) in [5, 5.41) is 0. The second kappa shape index (κ2) is 8.87. The van der Waals surface area contributed by atoms with Crippen LogP contribution in [0.2, 0.25) is 0 Å². The maximum Gasteiger partial charge on any atom is 0.338 e. The summed E-state index contributed by atoms with van der Waals surface area (Å²) in [7, 11) is 0. The molecule has 0 aliphatic carbocycles. The third-order valence-corrected chi connectivity index (χ3v) is 2.92. The minimum atomic E-state index is -0.372. The Morgan fingerprint density at radius 2 is 1.82 bits per heavy atom. The van der Waals surface area contributed by atoms with Crippen LogP contribution >= 0.6 is 0 Å². The molecule has 0 bridgehead atoms. The van der Waals surface area contributed by atoms with Gasteiger partial charge in [0.2, 0.25) is 0 Å². The van der Waals surface area contributed by atoms with Crippen molar-refractivity contribution in [1.82, 2.24) is 4.90 Å². The van der Waals surface area contributed by atoms with Crippen molar-refractivity contribution < 1.29 is 19.1 Å². The summed E-state index contributed by atoms with van der Waals surface area (Å²) in [6.45, 7) is 10.8. The first-order valence-corrected chi connectivity index (χ1v) is 7.30. The largest absolute Gasteiger partial charge is 0.484 e. The lowest BCUT2D eigenvalue weighted by atomic mass is 10.2. The molecule has 1 rings (SSSR count). The van der Waals surface area contributed by atoms with Gasteiger partial charge in [0, 0.05) is 13.1 Å². The Bertz CT molecular complexity index is 522. The highest BCUT2D eigenvalue weighted by Gasteiger charge is 2.12. The van der Waals surface area contributed by atoms with Crippen molar-refractivity contribution in [1.29, 1.82) is 0 Å². The number of carbonyl (C=O) groups is 2. The topological polar surface area (TPSA) is 55.8 Å². The van der Waals surface area contributed by atoms with Gasteiger partial charge in [0.15, 0.2) is 6.61 Å². The number of likely N-dealkylation sites (N-methyl/N-ethyl adjacent to an activating group) is 1. The van der Waals surface area contributed by atoms with Crippen LogP contribution in [-0.2, 0) is 9.53 Å². The number of nitrogens with zero attached hydrogens (tertiary/aromatic N) is 1. The monoisotopic (exact) mass is 305 g/mol. The molecule has 120 valence electrons. The van der Waals surface area contributed by atoms with Crippen molar-refractivity contribution in [3.05, 3.63) is 42.0 Å². The Balaban J connectivity index is 2.55. The summed E-state index contributed by atoms with van der Waals surface area (Å²) in [5.74, 6) is 0.0662. The van der Waals surface area contributed by atoms with E-state index in [4.69, 9.17) is 9.47 Å². The Labute approximate surface area is 131 Å². The first-order valence-electron chi connectivity index (χ1n) is 7.30. The maximum atomic E-state index is 12.0. The molecule has 0 aromatic heterocycles. The normalized spacial score (nSPS) is 9.95. The number of hydrogen-bond donors (Lipinski definition) is 0. The first-order chi connectivity index (χ1) is 10.5. The number of carbonyl (C=O) groups excluding carboxylic acids is 2. The summed E-state index contributed by atoms with van der Waals surface area (Å²) in [4.78, 5) is 25.2. The molecule has 0 fully saturated rings. The lowest BCUT2D eigenvalue weighted by Crippen LogP contribution is -2.35. The Morgan fingerprint density at radius 3 is 2.32 bits per heavy atom. The highest BCUT2D eigenvalue weighted by molar-refractivity contribution is 5.89. The standard InChI is InChI=1S/C17H23NO4/c1-5-18(11-13(3)4)16(19)12-22-15-9-7-14(8-10-15)17(20)21-6-2/h7-10H,3,5-6,11-12H2,1-2,4H3. The molecular weight excluding hydrogens is 282 g/mol. The van der Waals surface area contributed by atoms with Gasteiger partial charge in [-0.3, -0.25) is 4.79 Å². The summed E-state index contributed by atoms with van der Waals surface area (Å²) < 4.78 is 10.4. The van der Waals surface area contributed by atoms with Crippen molar-refractivity contribution in [3.63, 3.8) is 0 Å². The fourth-order valence-corrected chi connectivity index (χ4v) is 1.84. The third kappa shape index (κ3) is 5.60. The molecule has 1 aromatic carbocycles. The zero-order valence-electron chi connectivity index (χ0n) is 13.4. The molecule has 0 unspecified atom stereocenters. The molecule has 1 amide bonds. The molecule has 0 N–H and O–H groups in total. The van der Waals surface area contributed by atoms with Crippen molar-refractivity contribution >= 4 is 11.9 Å². The van der Waals surface area contributed by atoms with Gasteiger partial charge >= 0.3 is 5.97 Å². The van der Waals surface area contributed by atoms with Gasteiger partial charge in [-0.2, -0.15) is 0 Å². The molecule has 5 heteroatoms. The Kier molecular flexibility index (Phi) is 7.16. The molecule has 1 aromatic rings. The first kappa shape index (κ1) is 17.8. The van der Waals surface area contributed by atoms with E-state index in [1.54, 1.807) is 36.1 Å². The van der Waals surface area contributed by atoms with E-state index in [0.717, 1.165) is 5.57 Å². The third-order valence-electron chi connectivity index (χ3n) is 2.92. The summed E-state index contributed by atoms with van der Waals surface area (Å²) in [6, 6.07) is 6.52. The minimum absolute atomic E-state index is 0.0418. The van der Waals surface area contributed by atoms with E-state index < -0.39 is 0 Å². The van der Waals surface area contributed by atoms with Crippen LogP contribution in [0.3, 0.4) is 0 Å². The molecular formula is C17H23NO4. The van der Waals surface area contributed by atoms with Crippen molar-refractivity contribution in [3.8, 4) is 5.75 Å². The van der Waals surface area contributed by atoms with Crippen LogP contribution in [0.5, 0.6) is 5.75 Å². The van der Waals surface area contributed by atoms with Crippen molar-refractivity contribution in [2.24, 2.45) is 0 Å². The molecule has 0 saturated heterocycles. The van der Waals surface area contributed by atoms with Crippen LogP contribution in [0, 0.1) is 0 Å². The van der Waals surface area contributed by atoms with E-state index in [9.17, 15) is 9.59 Å². The van der Waals surface area contributed by atoms with Crippen LogP contribution in [0.15, 0.2) is 36.4 Å². The van der Waals surface area contributed by atoms with Gasteiger partial charge in [-0.25, -0.2) is 4.79 Å². The van der Waals surface area contributed by atoms with E-state index in [1.807, 2.05) is 13.8 Å².